The van der Waals surface area contributed by atoms with Crippen LogP contribution in [0.3, 0.4) is 0 Å². The van der Waals surface area contributed by atoms with Crippen LogP contribution in [0.5, 0.6) is 0 Å². The summed E-state index contributed by atoms with van der Waals surface area (Å²) in [5.41, 5.74) is 1.00. The fourth-order valence-electron chi connectivity index (χ4n) is 1.17. The Hall–Kier alpha value is -0.450. The molecule has 1 rings (SSSR count). The van der Waals surface area contributed by atoms with Crippen LogP contribution in [0.1, 0.15) is 19.5 Å². The second kappa shape index (κ2) is 6.20. The van der Waals surface area contributed by atoms with Crippen LogP contribution in [-0.2, 0) is 6.54 Å². The fourth-order valence-corrected chi connectivity index (χ4v) is 1.55. The molecule has 84 valence electrons. The van der Waals surface area contributed by atoms with E-state index in [0.717, 1.165) is 16.8 Å². The van der Waals surface area contributed by atoms with E-state index < -0.39 is 0 Å². The second-order valence-corrected chi connectivity index (χ2v) is 4.59. The molecule has 0 aliphatic heterocycles. The van der Waals surface area contributed by atoms with E-state index >= 15 is 0 Å². The molecule has 0 bridgehead atoms. The average molecular weight is 273 g/mol. The summed E-state index contributed by atoms with van der Waals surface area (Å²) in [6.07, 6.45) is 0. The molecule has 15 heavy (non-hydrogen) atoms. The maximum absolute atomic E-state index is 8.98. The quantitative estimate of drug-likeness (QED) is 0.806. The van der Waals surface area contributed by atoms with E-state index in [1.807, 2.05) is 25.1 Å². The molecule has 0 aromatic carbocycles. The average Bonchev–Trinajstić information content (AvgIpc) is 2.25. The first kappa shape index (κ1) is 12.6. The number of hydrogen-bond donors (Lipinski definition) is 2. The molecule has 1 aromatic heterocycles. The van der Waals surface area contributed by atoms with Gasteiger partial charge < -0.3 is 10.4 Å². The molecule has 1 heterocycles. The highest BCUT2D eigenvalue weighted by Gasteiger charge is 2.10. The molecule has 0 radical (unpaired) electrons. The van der Waals surface area contributed by atoms with E-state index in [0.29, 0.717) is 0 Å². The Morgan fingerprint density at radius 3 is 2.80 bits per heavy atom. The molecule has 4 heteroatoms. The van der Waals surface area contributed by atoms with Gasteiger partial charge in [-0.15, -0.1) is 0 Å². The van der Waals surface area contributed by atoms with Crippen LogP contribution in [0.25, 0.3) is 0 Å². The molecule has 0 spiro atoms. The third kappa shape index (κ3) is 4.28. The van der Waals surface area contributed by atoms with E-state index in [1.54, 1.807) is 0 Å². The van der Waals surface area contributed by atoms with E-state index in [-0.39, 0.29) is 18.6 Å². The zero-order valence-electron chi connectivity index (χ0n) is 9.07. The van der Waals surface area contributed by atoms with Crippen LogP contribution >= 0.6 is 15.9 Å². The molecule has 2 N–H and O–H groups in total. The molecular weight excluding hydrogens is 256 g/mol. The van der Waals surface area contributed by atoms with Crippen molar-refractivity contribution in [3.63, 3.8) is 0 Å². The summed E-state index contributed by atoms with van der Waals surface area (Å²) in [7, 11) is 0. The van der Waals surface area contributed by atoms with Gasteiger partial charge in [-0.1, -0.05) is 13.0 Å². The zero-order valence-corrected chi connectivity index (χ0v) is 10.7. The monoisotopic (exact) mass is 272 g/mol. The van der Waals surface area contributed by atoms with Gasteiger partial charge in [0.25, 0.3) is 0 Å². The van der Waals surface area contributed by atoms with Crippen molar-refractivity contribution in [1.82, 2.24) is 10.3 Å². The molecule has 0 saturated carbocycles. The van der Waals surface area contributed by atoms with Crippen LogP contribution < -0.4 is 5.32 Å². The number of aromatic nitrogens is 1. The van der Waals surface area contributed by atoms with Gasteiger partial charge in [-0.3, -0.25) is 0 Å². The lowest BCUT2D eigenvalue weighted by atomic mass is 10.1. The van der Waals surface area contributed by atoms with Gasteiger partial charge in [0.15, 0.2) is 0 Å². The minimum absolute atomic E-state index is 0.208. The van der Waals surface area contributed by atoms with Crippen molar-refractivity contribution in [2.45, 2.75) is 26.4 Å². The molecule has 2 atom stereocenters. The van der Waals surface area contributed by atoms with Crippen LogP contribution in [0.2, 0.25) is 0 Å². The standard InChI is InChI=1S/C11H17BrN2O/c1-8(7-15)9(2)13-6-10-4-3-5-11(12)14-10/h3-5,8-9,13,15H,6-7H2,1-2H3. The number of hydrogen-bond acceptors (Lipinski definition) is 3. The van der Waals surface area contributed by atoms with Gasteiger partial charge in [0.1, 0.15) is 4.60 Å². The summed E-state index contributed by atoms with van der Waals surface area (Å²) in [4.78, 5) is 4.32. The lowest BCUT2D eigenvalue weighted by Gasteiger charge is -2.18. The predicted molar refractivity (Wildman–Crippen MR) is 64.5 cm³/mol. The van der Waals surface area contributed by atoms with Crippen molar-refractivity contribution in [3.8, 4) is 0 Å². The third-order valence-electron chi connectivity index (χ3n) is 2.52. The van der Waals surface area contributed by atoms with Crippen molar-refractivity contribution in [2.24, 2.45) is 5.92 Å². The highest BCUT2D eigenvalue weighted by Crippen LogP contribution is 2.07. The molecule has 0 fully saturated rings. The lowest BCUT2D eigenvalue weighted by Crippen LogP contribution is -2.33. The molecule has 0 amide bonds. The molecular formula is C11H17BrN2O. The lowest BCUT2D eigenvalue weighted by molar-refractivity contribution is 0.206. The van der Waals surface area contributed by atoms with E-state index in [1.165, 1.54) is 0 Å². The summed E-state index contributed by atoms with van der Waals surface area (Å²) in [5, 5.41) is 12.3. The first-order valence-electron chi connectivity index (χ1n) is 5.09. The Balaban J connectivity index is 2.43. The smallest absolute Gasteiger partial charge is 0.106 e. The van der Waals surface area contributed by atoms with Crippen molar-refractivity contribution in [2.75, 3.05) is 6.61 Å². The fraction of sp³-hybridized carbons (Fsp3) is 0.545. The predicted octanol–water partition coefficient (Wildman–Crippen LogP) is 1.95. The first-order chi connectivity index (χ1) is 7.13. The minimum atomic E-state index is 0.208. The Bertz CT molecular complexity index is 306. The maximum atomic E-state index is 8.98. The third-order valence-corrected chi connectivity index (χ3v) is 2.96. The summed E-state index contributed by atoms with van der Waals surface area (Å²) in [6, 6.07) is 6.14. The summed E-state index contributed by atoms with van der Waals surface area (Å²) >= 11 is 3.33. The topological polar surface area (TPSA) is 45.1 Å². The Labute approximate surface area is 99.1 Å². The van der Waals surface area contributed by atoms with Gasteiger partial charge in [-0.2, -0.15) is 0 Å². The molecule has 2 unspecified atom stereocenters. The molecule has 1 aromatic rings. The van der Waals surface area contributed by atoms with Gasteiger partial charge in [-0.25, -0.2) is 4.98 Å². The van der Waals surface area contributed by atoms with E-state index in [2.05, 4.69) is 33.2 Å². The minimum Gasteiger partial charge on any atom is -0.396 e. The van der Waals surface area contributed by atoms with Crippen molar-refractivity contribution >= 4 is 15.9 Å². The Morgan fingerprint density at radius 2 is 2.20 bits per heavy atom. The zero-order chi connectivity index (χ0) is 11.3. The highest BCUT2D eigenvalue weighted by atomic mass is 79.9. The summed E-state index contributed by atoms with van der Waals surface area (Å²) in [6.45, 7) is 5.02. The molecule has 0 aliphatic rings. The first-order valence-corrected chi connectivity index (χ1v) is 5.88. The van der Waals surface area contributed by atoms with Gasteiger partial charge in [0, 0.05) is 19.2 Å². The van der Waals surface area contributed by atoms with Gasteiger partial charge in [0.05, 0.1) is 5.69 Å². The molecule has 0 saturated heterocycles. The van der Waals surface area contributed by atoms with Crippen LogP contribution in [0.4, 0.5) is 0 Å². The maximum Gasteiger partial charge on any atom is 0.106 e. The Morgan fingerprint density at radius 1 is 1.47 bits per heavy atom. The highest BCUT2D eigenvalue weighted by molar-refractivity contribution is 9.10. The summed E-state index contributed by atoms with van der Waals surface area (Å²) < 4.78 is 0.852. The van der Waals surface area contributed by atoms with Gasteiger partial charge in [0.2, 0.25) is 0 Å². The number of aliphatic hydroxyl groups is 1. The van der Waals surface area contributed by atoms with Gasteiger partial charge in [-0.05, 0) is 40.9 Å². The Kier molecular flexibility index (Phi) is 5.22. The number of aliphatic hydroxyl groups excluding tert-OH is 1. The number of nitrogens with one attached hydrogen (secondary N) is 1. The largest absolute Gasteiger partial charge is 0.396 e. The van der Waals surface area contributed by atoms with Crippen molar-refractivity contribution in [3.05, 3.63) is 28.5 Å². The van der Waals surface area contributed by atoms with Crippen molar-refractivity contribution < 1.29 is 5.11 Å². The van der Waals surface area contributed by atoms with Gasteiger partial charge >= 0.3 is 0 Å². The second-order valence-electron chi connectivity index (χ2n) is 3.78. The number of nitrogens with zero attached hydrogens (tertiary/aromatic N) is 1. The van der Waals surface area contributed by atoms with Crippen LogP contribution in [0.15, 0.2) is 22.8 Å². The van der Waals surface area contributed by atoms with Crippen LogP contribution in [-0.4, -0.2) is 22.7 Å². The SMILES string of the molecule is CC(CO)C(C)NCc1cccc(Br)n1. The van der Waals surface area contributed by atoms with E-state index in [4.69, 9.17) is 5.11 Å². The van der Waals surface area contributed by atoms with Crippen LogP contribution in [0, 0.1) is 5.92 Å². The number of rotatable bonds is 5. The number of halogens is 1. The molecule has 0 aliphatic carbocycles. The van der Waals surface area contributed by atoms with Crippen molar-refractivity contribution in [1.29, 1.82) is 0 Å². The normalized spacial score (nSPS) is 14.9. The van der Waals surface area contributed by atoms with E-state index in [9.17, 15) is 0 Å². The molecule has 3 nitrogen and oxygen atoms in total. The summed E-state index contributed by atoms with van der Waals surface area (Å²) in [5.74, 6) is 0.261. The number of pyridine rings is 1.